The lowest BCUT2D eigenvalue weighted by atomic mass is 10.3. The lowest BCUT2D eigenvalue weighted by Crippen LogP contribution is -2.47. The smallest absolute Gasteiger partial charge is 0.237 e. The van der Waals surface area contributed by atoms with Crippen LogP contribution in [0.4, 0.5) is 0 Å². The van der Waals surface area contributed by atoms with E-state index in [0.29, 0.717) is 10.5 Å². The van der Waals surface area contributed by atoms with Crippen LogP contribution in [-0.4, -0.2) is 33.5 Å². The third kappa shape index (κ3) is 3.19. The summed E-state index contributed by atoms with van der Waals surface area (Å²) in [5, 5.41) is 2.72. The van der Waals surface area contributed by atoms with Gasteiger partial charge in [-0.3, -0.25) is 0 Å². The van der Waals surface area contributed by atoms with Crippen LogP contribution in [0.5, 0.6) is 0 Å². The maximum atomic E-state index is 13.8. The predicted octanol–water partition coefficient (Wildman–Crippen LogP) is 3.36. The maximum Gasteiger partial charge on any atom is 0.269 e. The molecule has 0 N–H and O–H groups in total. The number of benzene rings is 1. The van der Waals surface area contributed by atoms with Crippen LogP contribution in [0.2, 0.25) is 39.3 Å². The Morgan fingerprint density at radius 3 is 2.15 bits per heavy atom. The summed E-state index contributed by atoms with van der Waals surface area (Å²) >= 11 is 0. The Balaban J connectivity index is 2.41. The molecule has 2 heterocycles. The van der Waals surface area contributed by atoms with Gasteiger partial charge in [0.15, 0.2) is 5.65 Å². The third-order valence-corrected chi connectivity index (χ3v) is 10.6. The summed E-state index contributed by atoms with van der Waals surface area (Å²) in [6.45, 7) is 13.0. The van der Waals surface area contributed by atoms with Gasteiger partial charge in [-0.25, -0.2) is 17.4 Å². The van der Waals surface area contributed by atoms with Gasteiger partial charge >= 0.3 is 0 Å². The van der Waals surface area contributed by atoms with Gasteiger partial charge in [0.1, 0.15) is 8.07 Å². The van der Waals surface area contributed by atoms with Crippen molar-refractivity contribution < 1.29 is 8.42 Å². The van der Waals surface area contributed by atoms with E-state index in [0.717, 1.165) is 15.9 Å². The van der Waals surface area contributed by atoms with Crippen LogP contribution >= 0.6 is 0 Å². The van der Waals surface area contributed by atoms with Crippen molar-refractivity contribution >= 4 is 47.7 Å². The first-order valence-corrected chi connectivity index (χ1v) is 17.2. The lowest BCUT2D eigenvalue weighted by molar-refractivity contribution is 0.590. The maximum absolute atomic E-state index is 13.8. The molecule has 138 valence electrons. The molecule has 0 unspecified atom stereocenters. The Labute approximate surface area is 158 Å². The van der Waals surface area contributed by atoms with Gasteiger partial charge in [0, 0.05) is 16.9 Å². The summed E-state index contributed by atoms with van der Waals surface area (Å²) in [7, 11) is -7.47. The summed E-state index contributed by atoms with van der Waals surface area (Å²) in [5.74, 6) is 0. The summed E-state index contributed by atoms with van der Waals surface area (Å²) < 4.78 is 29.1. The quantitative estimate of drug-likeness (QED) is 0.629. The van der Waals surface area contributed by atoms with Gasteiger partial charge in [-0.1, -0.05) is 57.5 Å². The molecule has 0 spiro atoms. The van der Waals surface area contributed by atoms with E-state index < -0.39 is 26.2 Å². The highest BCUT2D eigenvalue weighted by atomic mass is 32.2. The molecule has 0 atom stereocenters. The average molecular weight is 403 g/mol. The molecular formula is C19H26N2O2SSi2. The molecule has 26 heavy (non-hydrogen) atoms. The topological polar surface area (TPSA) is 52.0 Å². The van der Waals surface area contributed by atoms with E-state index in [1.54, 1.807) is 12.3 Å². The van der Waals surface area contributed by atoms with Gasteiger partial charge in [-0.2, -0.15) is 0 Å². The lowest BCUT2D eigenvalue weighted by Gasteiger charge is -2.24. The minimum absolute atomic E-state index is 0.418. The van der Waals surface area contributed by atoms with Crippen molar-refractivity contribution in [3.05, 3.63) is 48.7 Å². The van der Waals surface area contributed by atoms with Crippen LogP contribution in [0.1, 0.15) is 0 Å². The fraction of sp³-hybridized carbons (Fsp3) is 0.316. The van der Waals surface area contributed by atoms with Crippen LogP contribution in [0.3, 0.4) is 0 Å². The van der Waals surface area contributed by atoms with E-state index in [1.165, 1.54) is 3.97 Å². The average Bonchev–Trinajstić information content (AvgIpc) is 2.94. The highest BCUT2D eigenvalue weighted by Gasteiger charge is 2.33. The Kier molecular flexibility index (Phi) is 4.53. The number of hydrogen-bond acceptors (Lipinski definition) is 3. The summed E-state index contributed by atoms with van der Waals surface area (Å²) in [6.07, 6.45) is 1.66. The minimum atomic E-state index is -3.73. The SMILES string of the molecule is C[Si](C)(C)c1ccccc1S(=O)(=O)n1c([Si](C)(C)C)cc2cccnc21. The normalized spacial score (nSPS) is 13.3. The van der Waals surface area contributed by atoms with Crippen LogP contribution in [0.25, 0.3) is 11.0 Å². The second-order valence-electron chi connectivity index (χ2n) is 8.71. The molecule has 1 aromatic carbocycles. The van der Waals surface area contributed by atoms with Crippen LogP contribution in [0.15, 0.2) is 53.6 Å². The number of nitrogens with zero attached hydrogens (tertiary/aromatic N) is 2. The van der Waals surface area contributed by atoms with Crippen LogP contribution in [-0.2, 0) is 10.0 Å². The van der Waals surface area contributed by atoms with Crippen molar-refractivity contribution in [3.8, 4) is 0 Å². The molecule has 0 radical (unpaired) electrons. The fourth-order valence-corrected chi connectivity index (χ4v) is 9.88. The molecule has 0 saturated carbocycles. The fourth-order valence-electron chi connectivity index (χ4n) is 3.19. The Morgan fingerprint density at radius 2 is 1.54 bits per heavy atom. The van der Waals surface area contributed by atoms with Gasteiger partial charge in [0.2, 0.25) is 0 Å². The molecule has 0 aliphatic rings. The second kappa shape index (κ2) is 6.18. The minimum Gasteiger partial charge on any atom is -0.237 e. The van der Waals surface area contributed by atoms with E-state index in [1.807, 2.05) is 36.4 Å². The van der Waals surface area contributed by atoms with Gasteiger partial charge in [-0.15, -0.1) is 0 Å². The summed E-state index contributed by atoms with van der Waals surface area (Å²) in [5.41, 5.74) is 0.523. The zero-order valence-corrected chi connectivity index (χ0v) is 19.1. The molecule has 0 aliphatic heterocycles. The van der Waals surface area contributed by atoms with Gasteiger partial charge in [0.25, 0.3) is 10.0 Å². The van der Waals surface area contributed by atoms with Crippen molar-refractivity contribution in [1.82, 2.24) is 8.96 Å². The number of hydrogen-bond donors (Lipinski definition) is 0. The zero-order chi connectivity index (χ0) is 19.3. The monoisotopic (exact) mass is 402 g/mol. The van der Waals surface area contributed by atoms with Crippen molar-refractivity contribution in [2.24, 2.45) is 0 Å². The Morgan fingerprint density at radius 1 is 0.885 bits per heavy atom. The second-order valence-corrected chi connectivity index (χ2v) is 20.5. The Bertz CT molecular complexity index is 1070. The first kappa shape index (κ1) is 19.1. The van der Waals surface area contributed by atoms with Crippen LogP contribution in [0, 0.1) is 0 Å². The van der Waals surface area contributed by atoms with Crippen LogP contribution < -0.4 is 10.5 Å². The zero-order valence-electron chi connectivity index (χ0n) is 16.2. The number of rotatable bonds is 4. The van der Waals surface area contributed by atoms with E-state index in [2.05, 4.69) is 44.3 Å². The molecule has 0 aliphatic carbocycles. The molecule has 7 heteroatoms. The molecule has 4 nitrogen and oxygen atoms in total. The van der Waals surface area contributed by atoms with Crippen molar-refractivity contribution in [1.29, 1.82) is 0 Å². The van der Waals surface area contributed by atoms with Crippen molar-refractivity contribution in [2.75, 3.05) is 0 Å². The summed E-state index contributed by atoms with van der Waals surface area (Å²) in [6, 6.07) is 13.2. The first-order valence-electron chi connectivity index (χ1n) is 8.76. The molecule has 0 fully saturated rings. The van der Waals surface area contributed by atoms with E-state index in [4.69, 9.17) is 0 Å². The predicted molar refractivity (Wildman–Crippen MR) is 115 cm³/mol. The van der Waals surface area contributed by atoms with E-state index in [9.17, 15) is 8.42 Å². The van der Waals surface area contributed by atoms with Crippen molar-refractivity contribution in [3.63, 3.8) is 0 Å². The van der Waals surface area contributed by atoms with Gasteiger partial charge < -0.3 is 0 Å². The molecule has 3 aromatic rings. The molecule has 0 bridgehead atoms. The molecule has 2 aromatic heterocycles. The van der Waals surface area contributed by atoms with E-state index in [-0.39, 0.29) is 0 Å². The highest BCUT2D eigenvalue weighted by molar-refractivity contribution is 7.90. The standard InChI is InChI=1S/C19H26N2O2SSi2/c1-25(2,3)17-12-8-7-11-16(17)24(22,23)21-18(26(4,5)6)14-15-10-9-13-20-19(15)21/h7-14H,1-6H3. The molecule has 0 amide bonds. The third-order valence-electron chi connectivity index (χ3n) is 4.50. The molecular weight excluding hydrogens is 376 g/mol. The first-order chi connectivity index (χ1) is 11.9. The van der Waals surface area contributed by atoms with Gasteiger partial charge in [0.05, 0.1) is 13.0 Å². The number of aromatic nitrogens is 2. The Hall–Kier alpha value is -1.71. The van der Waals surface area contributed by atoms with Gasteiger partial charge in [-0.05, 0) is 29.5 Å². The molecule has 0 saturated heterocycles. The van der Waals surface area contributed by atoms with E-state index >= 15 is 0 Å². The van der Waals surface area contributed by atoms with Crippen molar-refractivity contribution in [2.45, 2.75) is 44.2 Å². The largest absolute Gasteiger partial charge is 0.269 e. The number of fused-ring (bicyclic) bond motifs is 1. The summed E-state index contributed by atoms with van der Waals surface area (Å²) in [4.78, 5) is 4.83. The molecule has 3 rings (SSSR count). The highest BCUT2D eigenvalue weighted by Crippen LogP contribution is 2.22. The number of pyridine rings is 1.